The van der Waals surface area contributed by atoms with Gasteiger partial charge in [-0.05, 0) is 35.6 Å². The van der Waals surface area contributed by atoms with Crippen LogP contribution in [0.15, 0.2) is 48.5 Å². The molecule has 1 heterocycles. The van der Waals surface area contributed by atoms with Crippen LogP contribution in [0.25, 0.3) is 11.1 Å². The van der Waals surface area contributed by atoms with E-state index in [9.17, 15) is 19.5 Å². The molecule has 1 saturated heterocycles. The first-order chi connectivity index (χ1) is 17.0. The van der Waals surface area contributed by atoms with E-state index >= 15 is 0 Å². The van der Waals surface area contributed by atoms with Crippen LogP contribution >= 0.6 is 0 Å². The van der Waals surface area contributed by atoms with E-state index in [2.05, 4.69) is 17.4 Å². The number of rotatable bonds is 9. The minimum atomic E-state index is -0.990. The second kappa shape index (κ2) is 10.9. The Morgan fingerprint density at radius 1 is 1.06 bits per heavy atom. The van der Waals surface area contributed by atoms with Crippen LogP contribution in [0.1, 0.15) is 43.7 Å². The summed E-state index contributed by atoms with van der Waals surface area (Å²) in [5.41, 5.74) is 4.50. The van der Waals surface area contributed by atoms with E-state index in [1.165, 1.54) is 4.90 Å². The van der Waals surface area contributed by atoms with Crippen molar-refractivity contribution in [1.29, 1.82) is 0 Å². The first kappa shape index (κ1) is 24.7. The topological polar surface area (TPSA) is 105 Å². The molecule has 0 saturated carbocycles. The minimum Gasteiger partial charge on any atom is -0.481 e. The van der Waals surface area contributed by atoms with Gasteiger partial charge in [0.2, 0.25) is 5.91 Å². The van der Waals surface area contributed by atoms with Gasteiger partial charge in [0, 0.05) is 12.5 Å². The lowest BCUT2D eigenvalue weighted by atomic mass is 9.98. The second-order valence-electron chi connectivity index (χ2n) is 8.98. The highest BCUT2D eigenvalue weighted by molar-refractivity contribution is 5.87. The van der Waals surface area contributed by atoms with Gasteiger partial charge in [-0.15, -0.1) is 0 Å². The molecule has 2 amide bonds. The van der Waals surface area contributed by atoms with Crippen LogP contribution in [0, 0.1) is 5.92 Å². The van der Waals surface area contributed by atoms with Gasteiger partial charge in [0.15, 0.2) is 0 Å². The summed E-state index contributed by atoms with van der Waals surface area (Å²) in [4.78, 5) is 39.3. The summed E-state index contributed by atoms with van der Waals surface area (Å²) < 4.78 is 11.0. The Hall–Kier alpha value is -3.39. The number of amides is 2. The van der Waals surface area contributed by atoms with Crippen molar-refractivity contribution in [1.82, 2.24) is 10.2 Å². The Kier molecular flexibility index (Phi) is 7.70. The molecular weight excluding hydrogens is 448 g/mol. The maximum atomic E-state index is 13.3. The summed E-state index contributed by atoms with van der Waals surface area (Å²) in [6.45, 7) is 4.44. The highest BCUT2D eigenvalue weighted by Gasteiger charge is 2.41. The first-order valence-electron chi connectivity index (χ1n) is 12.2. The predicted molar refractivity (Wildman–Crippen MR) is 130 cm³/mol. The van der Waals surface area contributed by atoms with E-state index in [-0.39, 0.29) is 31.6 Å². The fourth-order valence-corrected chi connectivity index (χ4v) is 5.17. The zero-order valence-electron chi connectivity index (χ0n) is 20.1. The summed E-state index contributed by atoms with van der Waals surface area (Å²) in [5, 5.41) is 12.2. The number of nitrogens with one attached hydrogen (secondary N) is 1. The number of aliphatic carboxylic acids is 1. The number of nitrogens with zero attached hydrogens (tertiary/aromatic N) is 1. The Balaban J connectivity index is 1.43. The smallest absolute Gasteiger partial charge is 0.407 e. The van der Waals surface area contributed by atoms with E-state index in [0.717, 1.165) is 22.3 Å². The molecule has 1 aliphatic carbocycles. The quantitative estimate of drug-likeness (QED) is 0.568. The summed E-state index contributed by atoms with van der Waals surface area (Å²) in [7, 11) is 0. The molecule has 0 spiro atoms. The van der Waals surface area contributed by atoms with Crippen molar-refractivity contribution in [2.24, 2.45) is 5.92 Å². The largest absolute Gasteiger partial charge is 0.481 e. The molecule has 186 valence electrons. The average Bonchev–Trinajstić information content (AvgIpc) is 3.46. The molecule has 8 heteroatoms. The molecule has 8 nitrogen and oxygen atoms in total. The van der Waals surface area contributed by atoms with Crippen LogP contribution in [0.2, 0.25) is 0 Å². The van der Waals surface area contributed by atoms with Gasteiger partial charge in [0.05, 0.1) is 19.3 Å². The number of ether oxygens (including phenoxy) is 2. The fourth-order valence-electron chi connectivity index (χ4n) is 5.17. The molecule has 1 fully saturated rings. The van der Waals surface area contributed by atoms with Gasteiger partial charge in [-0.1, -0.05) is 61.9 Å². The highest BCUT2D eigenvalue weighted by atomic mass is 16.5. The Morgan fingerprint density at radius 2 is 1.69 bits per heavy atom. The molecule has 0 bridgehead atoms. The molecule has 0 aromatic heterocycles. The van der Waals surface area contributed by atoms with Gasteiger partial charge < -0.3 is 24.8 Å². The summed E-state index contributed by atoms with van der Waals surface area (Å²) >= 11 is 0. The molecule has 2 aromatic carbocycles. The van der Waals surface area contributed by atoms with Crippen molar-refractivity contribution in [2.45, 2.75) is 44.7 Å². The molecule has 2 aliphatic rings. The van der Waals surface area contributed by atoms with Crippen molar-refractivity contribution in [2.75, 3.05) is 26.4 Å². The number of carboxylic acid groups (broad SMARTS) is 1. The van der Waals surface area contributed by atoms with Gasteiger partial charge in [0.25, 0.3) is 0 Å². The highest BCUT2D eigenvalue weighted by Crippen LogP contribution is 2.44. The van der Waals surface area contributed by atoms with Crippen LogP contribution in [-0.2, 0) is 19.1 Å². The maximum Gasteiger partial charge on any atom is 0.407 e. The zero-order valence-corrected chi connectivity index (χ0v) is 20.1. The van der Waals surface area contributed by atoms with E-state index in [1.54, 1.807) is 6.92 Å². The molecule has 35 heavy (non-hydrogen) atoms. The van der Waals surface area contributed by atoms with Crippen molar-refractivity contribution in [3.8, 4) is 11.1 Å². The molecule has 2 N–H and O–H groups in total. The van der Waals surface area contributed by atoms with E-state index in [1.807, 2.05) is 43.3 Å². The standard InChI is InChI=1S/C27H32N2O6/c1-3-9-23(25(30)29(4-2)24-16-34-14-22(24)26(31)32)28-27(33)35-15-21-19-12-7-5-10-17(19)18-11-6-8-13-20(18)21/h5-8,10-13,21-24H,3-4,9,14-16H2,1-2H3,(H,28,33)(H,31,32). The molecule has 0 radical (unpaired) electrons. The SMILES string of the molecule is CCCC(NC(=O)OCC1c2ccccc2-c2ccccc21)C(=O)N(CC)C1COCC1C(=O)O. The monoisotopic (exact) mass is 480 g/mol. The zero-order chi connectivity index (χ0) is 24.9. The maximum absolute atomic E-state index is 13.3. The second-order valence-corrected chi connectivity index (χ2v) is 8.98. The third-order valence-electron chi connectivity index (χ3n) is 6.90. The first-order valence-corrected chi connectivity index (χ1v) is 12.2. The number of carbonyl (C=O) groups excluding carboxylic acids is 2. The van der Waals surface area contributed by atoms with Crippen LogP contribution in [0.5, 0.6) is 0 Å². The normalized spacial score (nSPS) is 19.5. The lowest BCUT2D eigenvalue weighted by Crippen LogP contribution is -2.54. The van der Waals surface area contributed by atoms with Crippen molar-refractivity contribution >= 4 is 18.0 Å². The Bertz CT molecular complexity index is 1040. The van der Waals surface area contributed by atoms with Gasteiger partial charge >= 0.3 is 12.1 Å². The van der Waals surface area contributed by atoms with Crippen LogP contribution in [0.4, 0.5) is 4.79 Å². The lowest BCUT2D eigenvalue weighted by Gasteiger charge is -2.32. The van der Waals surface area contributed by atoms with Crippen molar-refractivity contribution in [3.63, 3.8) is 0 Å². The molecule has 1 aliphatic heterocycles. The fraction of sp³-hybridized carbons (Fsp3) is 0.444. The number of carbonyl (C=O) groups is 3. The number of hydrogen-bond donors (Lipinski definition) is 2. The Labute approximate surface area is 205 Å². The summed E-state index contributed by atoms with van der Waals surface area (Å²) in [5.74, 6) is -2.16. The minimum absolute atomic E-state index is 0.0715. The molecular formula is C27H32N2O6. The number of hydrogen-bond acceptors (Lipinski definition) is 5. The number of likely N-dealkylation sites (N-methyl/N-ethyl adjacent to an activating group) is 1. The van der Waals surface area contributed by atoms with E-state index < -0.39 is 30.1 Å². The molecule has 2 aromatic rings. The van der Waals surface area contributed by atoms with E-state index in [4.69, 9.17) is 9.47 Å². The average molecular weight is 481 g/mol. The predicted octanol–water partition coefficient (Wildman–Crippen LogP) is 3.64. The number of fused-ring (bicyclic) bond motifs is 3. The summed E-state index contributed by atoms with van der Waals surface area (Å²) in [6.07, 6.45) is 0.429. The third-order valence-corrected chi connectivity index (χ3v) is 6.90. The molecule has 4 rings (SSSR count). The van der Waals surface area contributed by atoms with E-state index in [0.29, 0.717) is 19.4 Å². The number of carboxylic acids is 1. The van der Waals surface area contributed by atoms with Crippen molar-refractivity contribution < 1.29 is 29.0 Å². The van der Waals surface area contributed by atoms with Crippen molar-refractivity contribution in [3.05, 3.63) is 59.7 Å². The molecule has 3 unspecified atom stereocenters. The Morgan fingerprint density at radius 3 is 2.26 bits per heavy atom. The van der Waals surface area contributed by atoms with Gasteiger partial charge in [-0.2, -0.15) is 0 Å². The lowest BCUT2D eigenvalue weighted by molar-refractivity contribution is -0.145. The van der Waals surface area contributed by atoms with Crippen LogP contribution in [0.3, 0.4) is 0 Å². The van der Waals surface area contributed by atoms with Crippen LogP contribution in [-0.4, -0.2) is 66.4 Å². The molecule has 3 atom stereocenters. The number of benzene rings is 2. The summed E-state index contributed by atoms with van der Waals surface area (Å²) in [6, 6.07) is 14.8. The number of alkyl carbamates (subject to hydrolysis) is 1. The van der Waals surface area contributed by atoms with Crippen LogP contribution < -0.4 is 5.32 Å². The van der Waals surface area contributed by atoms with Gasteiger partial charge in [0.1, 0.15) is 18.6 Å². The van der Waals surface area contributed by atoms with Gasteiger partial charge in [-0.25, -0.2) is 4.79 Å². The van der Waals surface area contributed by atoms with Gasteiger partial charge in [-0.3, -0.25) is 9.59 Å². The third kappa shape index (κ3) is 5.03.